The second-order valence-corrected chi connectivity index (χ2v) is 5.62. The van der Waals surface area contributed by atoms with Crippen LogP contribution in [0.2, 0.25) is 0 Å². The molecule has 1 aromatic carbocycles. The number of amides is 1. The highest BCUT2D eigenvalue weighted by molar-refractivity contribution is 5.85. The number of hydrogen-bond acceptors (Lipinski definition) is 4. The molecule has 1 aliphatic carbocycles. The van der Waals surface area contributed by atoms with Crippen molar-refractivity contribution in [1.82, 2.24) is 5.32 Å². The number of carbonyl (C=O) groups is 1. The average Bonchev–Trinajstić information content (AvgIpc) is 3.35. The molecule has 0 aromatic heterocycles. The van der Waals surface area contributed by atoms with E-state index in [-0.39, 0.29) is 11.9 Å². The maximum absolute atomic E-state index is 12.2. The van der Waals surface area contributed by atoms with E-state index in [1.165, 1.54) is 12.8 Å². The lowest BCUT2D eigenvalue weighted by Crippen LogP contribution is -2.46. The summed E-state index contributed by atoms with van der Waals surface area (Å²) < 4.78 is 0. The molecular weight excluding hydrogens is 276 g/mol. The van der Waals surface area contributed by atoms with E-state index in [4.69, 9.17) is 5.26 Å². The molecule has 1 atom stereocenters. The number of anilines is 1. The number of hydrogen-bond donors (Lipinski definition) is 1. The second kappa shape index (κ2) is 6.95. The van der Waals surface area contributed by atoms with E-state index in [1.54, 1.807) is 12.1 Å². The quantitative estimate of drug-likeness (QED) is 0.872. The Kier molecular flexibility index (Phi) is 5.01. The summed E-state index contributed by atoms with van der Waals surface area (Å²) in [5.74, 6) is 0.587. The molecule has 0 heterocycles. The van der Waals surface area contributed by atoms with Crippen molar-refractivity contribution in [2.75, 3.05) is 18.0 Å². The molecule has 0 bridgehead atoms. The molecule has 1 amide bonds. The lowest BCUT2D eigenvalue weighted by molar-refractivity contribution is -0.121. The van der Waals surface area contributed by atoms with Crippen molar-refractivity contribution in [3.8, 4) is 12.1 Å². The highest BCUT2D eigenvalue weighted by Crippen LogP contribution is 2.33. The van der Waals surface area contributed by atoms with E-state index in [0.29, 0.717) is 23.6 Å². The maximum atomic E-state index is 12.2. The summed E-state index contributed by atoms with van der Waals surface area (Å²) in [6.45, 7) is 5.16. The zero-order valence-electron chi connectivity index (χ0n) is 13.0. The first kappa shape index (κ1) is 15.9. The number of nitriles is 2. The smallest absolute Gasteiger partial charge is 0.242 e. The third kappa shape index (κ3) is 3.56. The molecule has 0 radical (unpaired) electrons. The van der Waals surface area contributed by atoms with Gasteiger partial charge in [-0.3, -0.25) is 4.79 Å². The Morgan fingerprint density at radius 3 is 2.59 bits per heavy atom. The van der Waals surface area contributed by atoms with Gasteiger partial charge in [-0.2, -0.15) is 10.5 Å². The minimum absolute atomic E-state index is 0.0222. The van der Waals surface area contributed by atoms with Gasteiger partial charge >= 0.3 is 0 Å². The van der Waals surface area contributed by atoms with E-state index >= 15 is 0 Å². The van der Waals surface area contributed by atoms with E-state index in [1.807, 2.05) is 30.9 Å². The number of nitrogens with zero attached hydrogens (tertiary/aromatic N) is 3. The first-order chi connectivity index (χ1) is 10.6. The Morgan fingerprint density at radius 1 is 1.36 bits per heavy atom. The van der Waals surface area contributed by atoms with Crippen molar-refractivity contribution < 1.29 is 4.79 Å². The molecule has 1 aliphatic rings. The van der Waals surface area contributed by atoms with E-state index in [2.05, 4.69) is 11.4 Å². The summed E-state index contributed by atoms with van der Waals surface area (Å²) in [5, 5.41) is 21.0. The van der Waals surface area contributed by atoms with Crippen LogP contribution in [0.3, 0.4) is 0 Å². The first-order valence-electron chi connectivity index (χ1n) is 7.59. The molecule has 1 aromatic rings. The molecule has 0 unspecified atom stereocenters. The number of likely N-dealkylation sites (N-methyl/N-ethyl adjacent to an activating group) is 1. The Hall–Kier alpha value is -2.53. The fraction of sp³-hybridized carbons (Fsp3) is 0.471. The molecule has 2 rings (SSSR count). The van der Waals surface area contributed by atoms with Gasteiger partial charge in [0.15, 0.2) is 0 Å². The van der Waals surface area contributed by atoms with Crippen LogP contribution in [0.1, 0.15) is 37.8 Å². The molecule has 1 N–H and O–H groups in total. The molecule has 0 aliphatic heterocycles. The van der Waals surface area contributed by atoms with Crippen molar-refractivity contribution in [3.63, 3.8) is 0 Å². The number of rotatable bonds is 6. The van der Waals surface area contributed by atoms with Gasteiger partial charge in [0.05, 0.1) is 11.1 Å². The van der Waals surface area contributed by atoms with Crippen molar-refractivity contribution >= 4 is 11.6 Å². The van der Waals surface area contributed by atoms with Crippen molar-refractivity contribution in [3.05, 3.63) is 29.3 Å². The molecule has 22 heavy (non-hydrogen) atoms. The Labute approximate surface area is 131 Å². The summed E-state index contributed by atoms with van der Waals surface area (Å²) in [5.41, 5.74) is 1.54. The lowest BCUT2D eigenvalue weighted by atomic mass is 10.1. The van der Waals surface area contributed by atoms with Crippen LogP contribution in [0, 0.1) is 28.6 Å². The van der Waals surface area contributed by atoms with Crippen LogP contribution in [-0.4, -0.2) is 25.0 Å². The SMILES string of the molecule is CCNC(=O)[C@H](C)N(CC1CC1)c1ccc(C#N)c(C#N)c1. The van der Waals surface area contributed by atoms with Gasteiger partial charge in [0.2, 0.25) is 5.91 Å². The van der Waals surface area contributed by atoms with Crippen LogP contribution in [-0.2, 0) is 4.79 Å². The summed E-state index contributed by atoms with van der Waals surface area (Å²) in [6.07, 6.45) is 2.36. The van der Waals surface area contributed by atoms with Gasteiger partial charge in [-0.25, -0.2) is 0 Å². The maximum Gasteiger partial charge on any atom is 0.242 e. The van der Waals surface area contributed by atoms with Crippen LogP contribution >= 0.6 is 0 Å². The highest BCUT2D eigenvalue weighted by atomic mass is 16.2. The summed E-state index contributed by atoms with van der Waals surface area (Å²) in [7, 11) is 0. The zero-order chi connectivity index (χ0) is 16.1. The van der Waals surface area contributed by atoms with E-state index < -0.39 is 0 Å². The average molecular weight is 296 g/mol. The van der Waals surface area contributed by atoms with Crippen LogP contribution in [0.15, 0.2) is 18.2 Å². The molecule has 1 saturated carbocycles. The van der Waals surface area contributed by atoms with Crippen LogP contribution in [0.25, 0.3) is 0 Å². The predicted octanol–water partition coefficient (Wildman–Crippen LogP) is 2.17. The number of nitrogens with one attached hydrogen (secondary N) is 1. The third-order valence-electron chi connectivity index (χ3n) is 3.93. The summed E-state index contributed by atoms with van der Waals surface area (Å²) in [4.78, 5) is 14.2. The Bertz CT molecular complexity index is 637. The molecule has 5 heteroatoms. The largest absolute Gasteiger partial charge is 0.359 e. The standard InChI is InChI=1S/C17H20N4O/c1-3-20-17(22)12(2)21(11-13-4-5-13)16-7-6-14(9-18)15(8-16)10-19/h6-8,12-13H,3-5,11H2,1-2H3,(H,20,22)/t12-/m0/s1. The van der Waals surface area contributed by atoms with E-state index in [0.717, 1.165) is 12.2 Å². The second-order valence-electron chi connectivity index (χ2n) is 5.62. The fourth-order valence-electron chi connectivity index (χ4n) is 2.43. The van der Waals surface area contributed by atoms with Gasteiger partial charge in [0.1, 0.15) is 18.2 Å². The van der Waals surface area contributed by atoms with Gasteiger partial charge in [-0.1, -0.05) is 0 Å². The Balaban J connectivity index is 2.31. The van der Waals surface area contributed by atoms with Gasteiger partial charge in [0, 0.05) is 18.8 Å². The summed E-state index contributed by atoms with van der Waals surface area (Å²) >= 11 is 0. The van der Waals surface area contributed by atoms with Gasteiger partial charge < -0.3 is 10.2 Å². The summed E-state index contributed by atoms with van der Waals surface area (Å²) in [6, 6.07) is 8.94. The van der Waals surface area contributed by atoms with Gasteiger partial charge in [-0.15, -0.1) is 0 Å². The van der Waals surface area contributed by atoms with Crippen molar-refractivity contribution in [2.45, 2.75) is 32.7 Å². The van der Waals surface area contributed by atoms with Crippen LogP contribution in [0.4, 0.5) is 5.69 Å². The molecule has 0 spiro atoms. The zero-order valence-corrected chi connectivity index (χ0v) is 13.0. The van der Waals surface area contributed by atoms with Crippen molar-refractivity contribution in [2.24, 2.45) is 5.92 Å². The predicted molar refractivity (Wildman–Crippen MR) is 84.1 cm³/mol. The molecule has 114 valence electrons. The number of benzene rings is 1. The molecule has 1 fully saturated rings. The number of carbonyl (C=O) groups excluding carboxylic acids is 1. The highest BCUT2D eigenvalue weighted by Gasteiger charge is 2.29. The molecule has 0 saturated heterocycles. The molecular formula is C17H20N4O. The van der Waals surface area contributed by atoms with Crippen molar-refractivity contribution in [1.29, 1.82) is 10.5 Å². The molecule has 5 nitrogen and oxygen atoms in total. The minimum atomic E-state index is -0.306. The lowest BCUT2D eigenvalue weighted by Gasteiger charge is -2.30. The van der Waals surface area contributed by atoms with Gasteiger partial charge in [0.25, 0.3) is 0 Å². The van der Waals surface area contributed by atoms with E-state index in [9.17, 15) is 10.1 Å². The fourth-order valence-corrected chi connectivity index (χ4v) is 2.43. The Morgan fingerprint density at radius 2 is 2.05 bits per heavy atom. The van der Waals surface area contributed by atoms with Crippen LogP contribution in [0.5, 0.6) is 0 Å². The van der Waals surface area contributed by atoms with Gasteiger partial charge in [-0.05, 0) is 50.8 Å². The minimum Gasteiger partial charge on any atom is -0.359 e. The monoisotopic (exact) mass is 296 g/mol. The van der Waals surface area contributed by atoms with Crippen LogP contribution < -0.4 is 10.2 Å². The third-order valence-corrected chi connectivity index (χ3v) is 3.93. The topological polar surface area (TPSA) is 79.9 Å². The normalized spacial score (nSPS) is 14.5. The first-order valence-corrected chi connectivity index (χ1v) is 7.59.